The average Bonchev–Trinajstić information content (AvgIpc) is 2.82. The molecule has 7 nitrogen and oxygen atoms in total. The zero-order valence-electron chi connectivity index (χ0n) is 18.0. The van der Waals surface area contributed by atoms with Gasteiger partial charge in [0, 0.05) is 6.54 Å². The van der Waals surface area contributed by atoms with E-state index in [1.165, 1.54) is 30.7 Å². The maximum Gasteiger partial charge on any atom is 0.243 e. The number of rotatable bonds is 10. The van der Waals surface area contributed by atoms with Gasteiger partial charge < -0.3 is 14.8 Å². The van der Waals surface area contributed by atoms with Gasteiger partial charge in [-0.1, -0.05) is 42.5 Å². The van der Waals surface area contributed by atoms with Gasteiger partial charge in [0.15, 0.2) is 0 Å². The van der Waals surface area contributed by atoms with E-state index in [1.54, 1.807) is 36.4 Å². The molecule has 1 N–H and O–H groups in total. The van der Waals surface area contributed by atoms with Crippen LogP contribution >= 0.6 is 0 Å². The minimum Gasteiger partial charge on any atom is -0.497 e. The largest absolute Gasteiger partial charge is 0.497 e. The number of hydrogen-bond donors (Lipinski definition) is 1. The molecular weight excluding hydrogens is 428 g/mol. The molecule has 0 spiro atoms. The van der Waals surface area contributed by atoms with Crippen LogP contribution in [0.25, 0.3) is 0 Å². The number of carbonyl (C=O) groups excluding carboxylic acids is 1. The predicted molar refractivity (Wildman–Crippen MR) is 124 cm³/mol. The Morgan fingerprint density at radius 3 is 2.19 bits per heavy atom. The van der Waals surface area contributed by atoms with Gasteiger partial charge >= 0.3 is 0 Å². The van der Waals surface area contributed by atoms with Gasteiger partial charge in [0.25, 0.3) is 0 Å². The Bertz CT molecular complexity index is 1130. The molecule has 8 heteroatoms. The summed E-state index contributed by atoms with van der Waals surface area (Å²) in [5, 5.41) is 2.74. The zero-order chi connectivity index (χ0) is 23.0. The molecule has 3 aromatic rings. The molecular formula is C24H26N2O5S. The number of methoxy groups -OCH3 is 2. The molecule has 1 amide bonds. The van der Waals surface area contributed by atoms with Gasteiger partial charge in [-0.3, -0.25) is 4.79 Å². The average molecular weight is 455 g/mol. The summed E-state index contributed by atoms with van der Waals surface area (Å²) in [7, 11) is -0.897. The second-order valence-electron chi connectivity index (χ2n) is 7.00. The van der Waals surface area contributed by atoms with Crippen LogP contribution in [0.3, 0.4) is 0 Å². The van der Waals surface area contributed by atoms with E-state index in [0.29, 0.717) is 23.6 Å². The number of nitrogens with zero attached hydrogens (tertiary/aromatic N) is 1. The summed E-state index contributed by atoms with van der Waals surface area (Å²) < 4.78 is 38.2. The summed E-state index contributed by atoms with van der Waals surface area (Å²) in [6.45, 7) is -0.184. The predicted octanol–water partition coefficient (Wildman–Crippen LogP) is 3.58. The minimum atomic E-state index is -3.91. The van der Waals surface area contributed by atoms with Crippen molar-refractivity contribution in [2.45, 2.75) is 11.3 Å². The third-order valence-electron chi connectivity index (χ3n) is 4.89. The van der Waals surface area contributed by atoms with Crippen molar-refractivity contribution < 1.29 is 22.7 Å². The second-order valence-corrected chi connectivity index (χ2v) is 8.94. The smallest absolute Gasteiger partial charge is 0.243 e. The molecule has 0 heterocycles. The van der Waals surface area contributed by atoms with Crippen LogP contribution < -0.4 is 14.8 Å². The molecule has 3 rings (SSSR count). The van der Waals surface area contributed by atoms with Gasteiger partial charge in [0.2, 0.25) is 15.9 Å². The topological polar surface area (TPSA) is 84.9 Å². The first-order valence-corrected chi connectivity index (χ1v) is 11.5. The quantitative estimate of drug-likeness (QED) is 0.506. The maximum atomic E-state index is 13.3. The Balaban J connectivity index is 1.82. The van der Waals surface area contributed by atoms with Crippen molar-refractivity contribution >= 4 is 21.6 Å². The number of nitrogens with one attached hydrogen (secondary N) is 1. The molecule has 0 aromatic heterocycles. The number of hydrogen-bond acceptors (Lipinski definition) is 5. The first-order valence-electron chi connectivity index (χ1n) is 10.0. The van der Waals surface area contributed by atoms with Crippen molar-refractivity contribution in [1.29, 1.82) is 0 Å². The van der Waals surface area contributed by atoms with Gasteiger partial charge in [-0.25, -0.2) is 8.42 Å². The lowest BCUT2D eigenvalue weighted by Crippen LogP contribution is -2.39. The normalized spacial score (nSPS) is 11.2. The molecule has 0 aliphatic rings. The summed E-state index contributed by atoms with van der Waals surface area (Å²) in [6, 6.07) is 22.6. The molecule has 0 aliphatic heterocycles. The Hall–Kier alpha value is -3.36. The fourth-order valence-corrected chi connectivity index (χ4v) is 4.57. The monoisotopic (exact) mass is 454 g/mol. The minimum absolute atomic E-state index is 0.0939. The van der Waals surface area contributed by atoms with E-state index >= 15 is 0 Å². The highest BCUT2D eigenvalue weighted by atomic mass is 32.2. The zero-order valence-corrected chi connectivity index (χ0v) is 18.8. The lowest BCUT2D eigenvalue weighted by Gasteiger charge is -2.22. The third-order valence-corrected chi connectivity index (χ3v) is 6.75. The Morgan fingerprint density at radius 1 is 0.875 bits per heavy atom. The first-order chi connectivity index (χ1) is 15.4. The number of benzene rings is 3. The fraction of sp³-hybridized carbons (Fsp3) is 0.208. The molecule has 0 saturated heterocycles. The van der Waals surface area contributed by atoms with Crippen molar-refractivity contribution in [3.05, 3.63) is 84.4 Å². The lowest BCUT2D eigenvalue weighted by molar-refractivity contribution is -0.116. The molecule has 0 aliphatic carbocycles. The molecule has 3 aromatic carbocycles. The molecule has 32 heavy (non-hydrogen) atoms. The molecule has 0 saturated carbocycles. The molecule has 0 radical (unpaired) electrons. The SMILES string of the molecule is COc1ccc(S(=O)(=O)N(CCc2ccccc2)CC(=O)Nc2ccccc2OC)cc1. The standard InChI is InChI=1S/C24H26N2O5S/c1-30-20-12-14-21(15-13-20)32(28,29)26(17-16-19-8-4-3-5-9-19)18-24(27)25-22-10-6-7-11-23(22)31-2/h3-15H,16-18H2,1-2H3,(H,25,27). The van der Waals surface area contributed by atoms with Crippen molar-refractivity contribution in [2.24, 2.45) is 0 Å². The highest BCUT2D eigenvalue weighted by Crippen LogP contribution is 2.24. The van der Waals surface area contributed by atoms with Crippen LogP contribution in [0.2, 0.25) is 0 Å². The maximum absolute atomic E-state index is 13.3. The Kier molecular flexibility index (Phi) is 7.86. The highest BCUT2D eigenvalue weighted by Gasteiger charge is 2.27. The highest BCUT2D eigenvalue weighted by molar-refractivity contribution is 7.89. The number of para-hydroxylation sites is 2. The first kappa shape index (κ1) is 23.3. The van der Waals surface area contributed by atoms with Gasteiger partial charge in [-0.2, -0.15) is 4.31 Å². The van der Waals surface area contributed by atoms with E-state index in [-0.39, 0.29) is 18.0 Å². The summed E-state index contributed by atoms with van der Waals surface area (Å²) in [5.41, 5.74) is 1.46. The third kappa shape index (κ3) is 5.87. The van der Waals surface area contributed by atoms with Gasteiger partial charge in [0.1, 0.15) is 11.5 Å². The van der Waals surface area contributed by atoms with Gasteiger partial charge in [-0.05, 0) is 48.4 Å². The van der Waals surface area contributed by atoms with Crippen LogP contribution in [-0.4, -0.2) is 45.9 Å². The van der Waals surface area contributed by atoms with E-state index in [0.717, 1.165) is 5.56 Å². The molecule has 0 bridgehead atoms. The molecule has 168 valence electrons. The van der Waals surface area contributed by atoms with Crippen LogP contribution in [0.5, 0.6) is 11.5 Å². The van der Waals surface area contributed by atoms with Crippen LogP contribution in [0.15, 0.2) is 83.8 Å². The van der Waals surface area contributed by atoms with Gasteiger partial charge in [0.05, 0.1) is 31.3 Å². The van der Waals surface area contributed by atoms with Crippen molar-refractivity contribution in [2.75, 3.05) is 32.6 Å². The molecule has 0 unspecified atom stereocenters. The Morgan fingerprint density at radius 2 is 1.53 bits per heavy atom. The number of ether oxygens (including phenoxy) is 2. The fourth-order valence-electron chi connectivity index (χ4n) is 3.18. The summed E-state index contributed by atoms with van der Waals surface area (Å²) >= 11 is 0. The van der Waals surface area contributed by atoms with E-state index in [1.807, 2.05) is 30.3 Å². The second kappa shape index (κ2) is 10.8. The number of sulfonamides is 1. The Labute approximate surface area is 188 Å². The van der Waals surface area contributed by atoms with Gasteiger partial charge in [-0.15, -0.1) is 0 Å². The number of anilines is 1. The van der Waals surface area contributed by atoms with Crippen molar-refractivity contribution in [3.8, 4) is 11.5 Å². The van der Waals surface area contributed by atoms with Crippen LogP contribution in [0.4, 0.5) is 5.69 Å². The lowest BCUT2D eigenvalue weighted by atomic mass is 10.1. The van der Waals surface area contributed by atoms with Crippen molar-refractivity contribution in [3.63, 3.8) is 0 Å². The van der Waals surface area contributed by atoms with Crippen LogP contribution in [-0.2, 0) is 21.2 Å². The molecule has 0 fully saturated rings. The summed E-state index contributed by atoms with van der Waals surface area (Å²) in [4.78, 5) is 12.9. The van der Waals surface area contributed by atoms with Crippen LogP contribution in [0, 0.1) is 0 Å². The molecule has 0 atom stereocenters. The number of amides is 1. The van der Waals surface area contributed by atoms with E-state index in [9.17, 15) is 13.2 Å². The van der Waals surface area contributed by atoms with E-state index < -0.39 is 15.9 Å². The van der Waals surface area contributed by atoms with E-state index in [2.05, 4.69) is 5.32 Å². The summed E-state index contributed by atoms with van der Waals surface area (Å²) in [5.74, 6) is 0.586. The van der Waals surface area contributed by atoms with Crippen molar-refractivity contribution in [1.82, 2.24) is 4.31 Å². The summed E-state index contributed by atoms with van der Waals surface area (Å²) in [6.07, 6.45) is 0.470. The van der Waals surface area contributed by atoms with E-state index in [4.69, 9.17) is 9.47 Å². The van der Waals surface area contributed by atoms with Crippen LogP contribution in [0.1, 0.15) is 5.56 Å². The number of carbonyl (C=O) groups is 1.